The van der Waals surface area contributed by atoms with Crippen LogP contribution < -0.4 is 15.4 Å². The number of nitrogens with one attached hydrogen (secondary N) is 2. The standard InChI is InChI=1S/C18H25N3O.HI/c1-4-11-20-18(19-3)21-13-15-10-9-14(2)12-17(15)22-16-7-5-6-8-16;/h1,9-10,12,16H,5-8,11,13H2,2-3H3,(H2,19,20,21);1H. The molecule has 126 valence electrons. The van der Waals surface area contributed by atoms with Gasteiger partial charge in [-0.25, -0.2) is 0 Å². The Kier molecular flexibility index (Phi) is 8.85. The van der Waals surface area contributed by atoms with Crippen LogP contribution in [0.4, 0.5) is 0 Å². The number of halogens is 1. The zero-order valence-corrected chi connectivity index (χ0v) is 16.2. The molecular weight excluding hydrogens is 401 g/mol. The Morgan fingerprint density at radius 3 is 2.74 bits per heavy atom. The number of ether oxygens (including phenoxy) is 1. The third-order valence-electron chi connectivity index (χ3n) is 3.85. The molecule has 0 spiro atoms. The zero-order chi connectivity index (χ0) is 15.8. The summed E-state index contributed by atoms with van der Waals surface area (Å²) >= 11 is 0. The Bertz CT molecular complexity index is 560. The monoisotopic (exact) mass is 427 g/mol. The predicted octanol–water partition coefficient (Wildman–Crippen LogP) is 3.23. The first kappa shape index (κ1) is 19.6. The minimum absolute atomic E-state index is 0. The molecule has 5 heteroatoms. The second-order valence-corrected chi connectivity index (χ2v) is 5.62. The zero-order valence-electron chi connectivity index (χ0n) is 13.9. The highest BCUT2D eigenvalue weighted by atomic mass is 127. The lowest BCUT2D eigenvalue weighted by Gasteiger charge is -2.18. The minimum Gasteiger partial charge on any atom is -0.490 e. The molecule has 23 heavy (non-hydrogen) atoms. The summed E-state index contributed by atoms with van der Waals surface area (Å²) in [5.41, 5.74) is 2.35. The Morgan fingerprint density at radius 1 is 1.35 bits per heavy atom. The van der Waals surface area contributed by atoms with Crippen LogP contribution in [0.2, 0.25) is 0 Å². The number of nitrogens with zero attached hydrogens (tertiary/aromatic N) is 1. The van der Waals surface area contributed by atoms with Gasteiger partial charge in [0.05, 0.1) is 12.6 Å². The molecule has 1 aromatic carbocycles. The maximum absolute atomic E-state index is 6.20. The summed E-state index contributed by atoms with van der Waals surface area (Å²) in [5.74, 6) is 4.22. The van der Waals surface area contributed by atoms with Gasteiger partial charge in [-0.15, -0.1) is 30.4 Å². The molecule has 0 heterocycles. The smallest absolute Gasteiger partial charge is 0.192 e. The van der Waals surface area contributed by atoms with Crippen LogP contribution in [0.1, 0.15) is 36.8 Å². The lowest BCUT2D eigenvalue weighted by molar-refractivity contribution is 0.207. The maximum Gasteiger partial charge on any atom is 0.192 e. The fourth-order valence-corrected chi connectivity index (χ4v) is 2.64. The van der Waals surface area contributed by atoms with Gasteiger partial charge >= 0.3 is 0 Å². The van der Waals surface area contributed by atoms with Crippen LogP contribution in [0, 0.1) is 19.3 Å². The number of rotatable bonds is 5. The molecule has 0 atom stereocenters. The van der Waals surface area contributed by atoms with E-state index in [0.29, 0.717) is 25.2 Å². The SMILES string of the molecule is C#CCNC(=NC)NCc1ccc(C)cc1OC1CCCC1.I. The molecule has 0 unspecified atom stereocenters. The molecule has 1 aliphatic carbocycles. The van der Waals surface area contributed by atoms with Gasteiger partial charge in [0.1, 0.15) is 5.75 Å². The topological polar surface area (TPSA) is 45.7 Å². The van der Waals surface area contributed by atoms with Gasteiger partial charge in [0.25, 0.3) is 0 Å². The van der Waals surface area contributed by atoms with Gasteiger partial charge in [-0.1, -0.05) is 18.1 Å². The van der Waals surface area contributed by atoms with E-state index in [-0.39, 0.29) is 24.0 Å². The predicted molar refractivity (Wildman–Crippen MR) is 107 cm³/mol. The molecule has 1 fully saturated rings. The number of benzene rings is 1. The molecule has 2 N–H and O–H groups in total. The van der Waals surface area contributed by atoms with Crippen molar-refractivity contribution in [3.05, 3.63) is 29.3 Å². The van der Waals surface area contributed by atoms with Gasteiger partial charge in [0.15, 0.2) is 5.96 Å². The largest absolute Gasteiger partial charge is 0.490 e. The summed E-state index contributed by atoms with van der Waals surface area (Å²) < 4.78 is 6.20. The van der Waals surface area contributed by atoms with E-state index in [1.165, 1.54) is 18.4 Å². The van der Waals surface area contributed by atoms with Crippen molar-refractivity contribution in [2.24, 2.45) is 4.99 Å². The fourth-order valence-electron chi connectivity index (χ4n) is 2.64. The molecule has 0 radical (unpaired) electrons. The second kappa shape index (κ2) is 10.4. The van der Waals surface area contributed by atoms with Gasteiger partial charge in [-0.2, -0.15) is 0 Å². The number of guanidine groups is 1. The third-order valence-corrected chi connectivity index (χ3v) is 3.85. The van der Waals surface area contributed by atoms with E-state index in [2.05, 4.69) is 46.7 Å². The minimum atomic E-state index is 0. The highest BCUT2D eigenvalue weighted by Gasteiger charge is 2.18. The number of hydrogen-bond acceptors (Lipinski definition) is 2. The van der Waals surface area contributed by atoms with Crippen molar-refractivity contribution in [3.63, 3.8) is 0 Å². The molecule has 0 amide bonds. The maximum atomic E-state index is 6.20. The summed E-state index contributed by atoms with van der Waals surface area (Å²) in [7, 11) is 1.73. The van der Waals surface area contributed by atoms with Crippen molar-refractivity contribution in [2.75, 3.05) is 13.6 Å². The molecule has 0 aliphatic heterocycles. The summed E-state index contributed by atoms with van der Waals surface area (Å²) in [4.78, 5) is 4.15. The van der Waals surface area contributed by atoms with E-state index in [1.54, 1.807) is 7.05 Å². The molecule has 1 aliphatic rings. The second-order valence-electron chi connectivity index (χ2n) is 5.62. The molecular formula is C18H26IN3O. The van der Waals surface area contributed by atoms with Crippen LogP contribution in [0.25, 0.3) is 0 Å². The van der Waals surface area contributed by atoms with Crippen molar-refractivity contribution in [3.8, 4) is 18.1 Å². The highest BCUT2D eigenvalue weighted by molar-refractivity contribution is 14.0. The lowest BCUT2D eigenvalue weighted by atomic mass is 10.1. The fraction of sp³-hybridized carbons (Fsp3) is 0.500. The van der Waals surface area contributed by atoms with Crippen LogP contribution in [0.3, 0.4) is 0 Å². The van der Waals surface area contributed by atoms with Gasteiger partial charge in [0.2, 0.25) is 0 Å². The normalized spacial score (nSPS) is 14.7. The highest BCUT2D eigenvalue weighted by Crippen LogP contribution is 2.27. The first-order chi connectivity index (χ1) is 10.7. The molecule has 0 aromatic heterocycles. The van der Waals surface area contributed by atoms with Crippen LogP contribution in [0.15, 0.2) is 23.2 Å². The van der Waals surface area contributed by atoms with E-state index < -0.39 is 0 Å². The van der Waals surface area contributed by atoms with Crippen molar-refractivity contribution in [1.29, 1.82) is 0 Å². The van der Waals surface area contributed by atoms with Crippen LogP contribution in [-0.4, -0.2) is 25.7 Å². The summed E-state index contributed by atoms with van der Waals surface area (Å²) in [6.07, 6.45) is 10.5. The Morgan fingerprint density at radius 2 is 2.09 bits per heavy atom. The molecule has 0 bridgehead atoms. The number of terminal acetylenes is 1. The molecule has 2 rings (SSSR count). The van der Waals surface area contributed by atoms with Crippen molar-refractivity contribution >= 4 is 29.9 Å². The van der Waals surface area contributed by atoms with Crippen LogP contribution >= 0.6 is 24.0 Å². The van der Waals surface area contributed by atoms with Gasteiger partial charge in [-0.05, 0) is 44.2 Å². The van der Waals surface area contributed by atoms with Crippen molar-refractivity contribution in [2.45, 2.75) is 45.3 Å². The van der Waals surface area contributed by atoms with E-state index in [1.807, 2.05) is 0 Å². The first-order valence-electron chi connectivity index (χ1n) is 7.87. The van der Waals surface area contributed by atoms with Gasteiger partial charge < -0.3 is 15.4 Å². The Hall–Kier alpha value is -1.42. The van der Waals surface area contributed by atoms with E-state index in [9.17, 15) is 0 Å². The summed E-state index contributed by atoms with van der Waals surface area (Å²) in [6.45, 7) is 3.21. The van der Waals surface area contributed by atoms with E-state index >= 15 is 0 Å². The average molecular weight is 427 g/mol. The quantitative estimate of drug-likeness (QED) is 0.328. The Balaban J connectivity index is 0.00000264. The summed E-state index contributed by atoms with van der Waals surface area (Å²) in [6, 6.07) is 6.34. The molecule has 0 saturated heterocycles. The molecule has 1 aromatic rings. The molecule has 4 nitrogen and oxygen atoms in total. The number of aryl methyl sites for hydroxylation is 1. The summed E-state index contributed by atoms with van der Waals surface area (Å²) in [5, 5.41) is 6.32. The first-order valence-corrected chi connectivity index (χ1v) is 7.87. The lowest BCUT2D eigenvalue weighted by Crippen LogP contribution is -2.37. The van der Waals surface area contributed by atoms with Crippen LogP contribution in [-0.2, 0) is 6.54 Å². The number of aliphatic imine (C=N–C) groups is 1. The third kappa shape index (κ3) is 6.30. The number of hydrogen-bond donors (Lipinski definition) is 2. The van der Waals surface area contributed by atoms with Gasteiger partial charge in [0, 0.05) is 19.2 Å². The van der Waals surface area contributed by atoms with Gasteiger partial charge in [-0.3, -0.25) is 4.99 Å². The van der Waals surface area contributed by atoms with Crippen molar-refractivity contribution in [1.82, 2.24) is 10.6 Å². The molecule has 1 saturated carbocycles. The Labute approximate surface area is 156 Å². The van der Waals surface area contributed by atoms with E-state index in [4.69, 9.17) is 11.2 Å². The van der Waals surface area contributed by atoms with Crippen LogP contribution in [0.5, 0.6) is 5.75 Å². The van der Waals surface area contributed by atoms with E-state index in [0.717, 1.165) is 24.2 Å². The van der Waals surface area contributed by atoms with Crippen molar-refractivity contribution < 1.29 is 4.74 Å². The average Bonchev–Trinajstić information content (AvgIpc) is 3.02.